The number of anilines is 6. The zero-order chi connectivity index (χ0) is 48.4. The Kier molecular flexibility index (Phi) is 9.08. The van der Waals surface area contributed by atoms with Crippen molar-refractivity contribution in [3.63, 3.8) is 0 Å². The fourth-order valence-corrected chi connectivity index (χ4v) is 15.3. The van der Waals surface area contributed by atoms with Crippen LogP contribution >= 0.6 is 0 Å². The molecule has 0 amide bonds. The molecule has 4 nitrogen and oxygen atoms in total. The summed E-state index contributed by atoms with van der Waals surface area (Å²) >= 11 is 0. The van der Waals surface area contributed by atoms with Crippen LogP contribution in [-0.4, -0.2) is 8.07 Å². The molecule has 0 radical (unpaired) electrons. The minimum atomic E-state index is -2.39. The Balaban J connectivity index is 0.959. The summed E-state index contributed by atoms with van der Waals surface area (Å²) in [5, 5.41) is 14.8. The third-order valence-corrected chi connectivity index (χ3v) is 19.1. The third kappa shape index (κ3) is 6.25. The molecule has 0 aliphatic carbocycles. The van der Waals surface area contributed by atoms with Crippen LogP contribution in [0, 0.1) is 0 Å². The van der Waals surface area contributed by atoms with Gasteiger partial charge in [0.1, 0.15) is 24.8 Å². The van der Waals surface area contributed by atoms with Gasteiger partial charge in [-0.05, 0) is 127 Å². The molecule has 12 aromatic carbocycles. The van der Waals surface area contributed by atoms with E-state index in [1.807, 2.05) is 6.07 Å². The molecule has 0 atom stereocenters. The van der Waals surface area contributed by atoms with Crippen molar-refractivity contribution in [1.29, 1.82) is 0 Å². The first kappa shape index (κ1) is 41.6. The summed E-state index contributed by atoms with van der Waals surface area (Å²) in [6, 6.07) is 88.4. The fourth-order valence-electron chi connectivity index (χ4n) is 12.2. The van der Waals surface area contributed by atoms with Crippen LogP contribution in [0.15, 0.2) is 251 Å². The van der Waals surface area contributed by atoms with Crippen LogP contribution in [0.3, 0.4) is 0 Å². The number of hydrogen-bond acceptors (Lipinski definition) is 4. The SMILES string of the molecule is C[Si]1(C)c2cc(N(c3ccccc3-c3ccccc3)c3cccc4c3oc3ccccc34)ccc2-c2cc3c4ccccc4c(N(c4ccccc4)c4ccc5c(c4)oc4ccccc45)cc3c3cccc1c23. The maximum Gasteiger partial charge on any atom is 0.159 e. The van der Waals surface area contributed by atoms with E-state index in [1.54, 1.807) is 0 Å². The van der Waals surface area contributed by atoms with E-state index >= 15 is 0 Å². The Morgan fingerprint density at radius 3 is 1.71 bits per heavy atom. The molecule has 0 bridgehead atoms. The van der Waals surface area contributed by atoms with Gasteiger partial charge in [0.15, 0.2) is 5.58 Å². The van der Waals surface area contributed by atoms with Gasteiger partial charge in [0, 0.05) is 55.6 Å². The number of rotatable bonds is 7. The van der Waals surface area contributed by atoms with Crippen molar-refractivity contribution in [2.45, 2.75) is 13.1 Å². The summed E-state index contributed by atoms with van der Waals surface area (Å²) in [6.45, 7) is 5.08. The molecule has 0 unspecified atom stereocenters. The summed E-state index contributed by atoms with van der Waals surface area (Å²) < 4.78 is 13.3. The number of benzene rings is 12. The quantitative estimate of drug-likeness (QED) is 0.118. The zero-order valence-electron chi connectivity index (χ0n) is 40.3. The molecule has 3 heterocycles. The molecule has 0 saturated carbocycles. The molecular formula is C68H46N2O2Si. The van der Waals surface area contributed by atoms with Crippen LogP contribution in [0.25, 0.3) is 98.4 Å². The second-order valence-electron chi connectivity index (χ2n) is 20.0. The molecule has 0 fully saturated rings. The van der Waals surface area contributed by atoms with Crippen LogP contribution in [0.2, 0.25) is 13.1 Å². The highest BCUT2D eigenvalue weighted by atomic mass is 28.3. The monoisotopic (exact) mass is 950 g/mol. The van der Waals surface area contributed by atoms with E-state index < -0.39 is 8.07 Å². The van der Waals surface area contributed by atoms with Gasteiger partial charge in [-0.25, -0.2) is 0 Å². The number of para-hydroxylation sites is 5. The number of fused-ring (bicyclic) bond motifs is 12. The number of hydrogen-bond donors (Lipinski definition) is 0. The van der Waals surface area contributed by atoms with Crippen molar-refractivity contribution in [1.82, 2.24) is 0 Å². The van der Waals surface area contributed by atoms with Gasteiger partial charge in [0.25, 0.3) is 0 Å². The van der Waals surface area contributed by atoms with Gasteiger partial charge in [-0.1, -0.05) is 177 Å². The Morgan fingerprint density at radius 2 is 0.890 bits per heavy atom. The second-order valence-corrected chi connectivity index (χ2v) is 24.3. The summed E-state index contributed by atoms with van der Waals surface area (Å²) in [6.07, 6.45) is 0. The van der Waals surface area contributed by atoms with E-state index in [9.17, 15) is 0 Å². The molecule has 1 aliphatic heterocycles. The summed E-state index contributed by atoms with van der Waals surface area (Å²) in [7, 11) is -2.39. The first-order chi connectivity index (χ1) is 36.0. The van der Waals surface area contributed by atoms with Crippen molar-refractivity contribution in [3.8, 4) is 22.3 Å². The highest BCUT2D eigenvalue weighted by Gasteiger charge is 2.37. The maximum atomic E-state index is 6.83. The highest BCUT2D eigenvalue weighted by molar-refractivity contribution is 7.03. The predicted octanol–water partition coefficient (Wildman–Crippen LogP) is 18.4. The molecule has 14 aromatic rings. The van der Waals surface area contributed by atoms with Crippen molar-refractivity contribution in [2.75, 3.05) is 9.80 Å². The Labute approximate surface area is 423 Å². The van der Waals surface area contributed by atoms with E-state index in [2.05, 4.69) is 259 Å². The van der Waals surface area contributed by atoms with Gasteiger partial charge < -0.3 is 18.6 Å². The van der Waals surface area contributed by atoms with E-state index in [4.69, 9.17) is 8.83 Å². The Bertz CT molecular complexity index is 4550. The molecule has 15 rings (SSSR count). The minimum Gasteiger partial charge on any atom is -0.456 e. The van der Waals surface area contributed by atoms with Crippen LogP contribution in [0.4, 0.5) is 34.1 Å². The Morgan fingerprint density at radius 1 is 0.301 bits per heavy atom. The second kappa shape index (κ2) is 15.9. The first-order valence-corrected chi connectivity index (χ1v) is 28.2. The summed E-state index contributed by atoms with van der Waals surface area (Å²) in [5.74, 6) is 0. The zero-order valence-corrected chi connectivity index (χ0v) is 41.3. The molecule has 5 heteroatoms. The van der Waals surface area contributed by atoms with Crippen molar-refractivity contribution < 1.29 is 8.83 Å². The van der Waals surface area contributed by atoms with Crippen LogP contribution < -0.4 is 20.2 Å². The lowest BCUT2D eigenvalue weighted by molar-refractivity contribution is 0.668. The van der Waals surface area contributed by atoms with Gasteiger partial charge in [-0.15, -0.1) is 0 Å². The minimum absolute atomic E-state index is 0.870. The largest absolute Gasteiger partial charge is 0.456 e. The van der Waals surface area contributed by atoms with E-state index in [0.717, 1.165) is 89.1 Å². The van der Waals surface area contributed by atoms with E-state index in [-0.39, 0.29) is 0 Å². The fraction of sp³-hybridized carbons (Fsp3) is 0.0294. The van der Waals surface area contributed by atoms with Gasteiger partial charge in [-0.2, -0.15) is 0 Å². The molecule has 0 N–H and O–H groups in total. The highest BCUT2D eigenvalue weighted by Crippen LogP contribution is 2.49. The van der Waals surface area contributed by atoms with Crippen LogP contribution in [0.5, 0.6) is 0 Å². The van der Waals surface area contributed by atoms with Crippen LogP contribution in [-0.2, 0) is 0 Å². The number of nitrogens with zero attached hydrogens (tertiary/aromatic N) is 2. The lowest BCUT2D eigenvalue weighted by Crippen LogP contribution is -2.56. The third-order valence-electron chi connectivity index (χ3n) is 15.6. The van der Waals surface area contributed by atoms with Crippen molar-refractivity contribution in [2.24, 2.45) is 0 Å². The average Bonchev–Trinajstić information content (AvgIpc) is 4.02. The average molecular weight is 951 g/mol. The smallest absolute Gasteiger partial charge is 0.159 e. The molecule has 344 valence electrons. The maximum absolute atomic E-state index is 6.83. The van der Waals surface area contributed by atoms with Gasteiger partial charge in [0.2, 0.25) is 0 Å². The molecule has 1 aliphatic rings. The van der Waals surface area contributed by atoms with Gasteiger partial charge in [-0.3, -0.25) is 0 Å². The lowest BCUT2D eigenvalue weighted by Gasteiger charge is -2.36. The van der Waals surface area contributed by atoms with Crippen molar-refractivity contribution in [3.05, 3.63) is 243 Å². The van der Waals surface area contributed by atoms with Crippen LogP contribution in [0.1, 0.15) is 0 Å². The van der Waals surface area contributed by atoms with E-state index in [1.165, 1.54) is 53.8 Å². The molecule has 2 aromatic heterocycles. The lowest BCUT2D eigenvalue weighted by atomic mass is 9.89. The van der Waals surface area contributed by atoms with Gasteiger partial charge in [0.05, 0.1) is 17.1 Å². The van der Waals surface area contributed by atoms with E-state index in [0.29, 0.717) is 0 Å². The number of furan rings is 2. The molecule has 0 saturated heterocycles. The summed E-state index contributed by atoms with van der Waals surface area (Å²) in [4.78, 5) is 4.85. The Hall–Kier alpha value is -9.16. The summed E-state index contributed by atoms with van der Waals surface area (Å²) in [5.41, 5.74) is 14.9. The first-order valence-electron chi connectivity index (χ1n) is 25.2. The molecule has 0 spiro atoms. The van der Waals surface area contributed by atoms with Crippen molar-refractivity contribution >= 4 is 129 Å². The molecular weight excluding hydrogens is 905 g/mol. The normalized spacial score (nSPS) is 12.9. The topological polar surface area (TPSA) is 32.8 Å². The van der Waals surface area contributed by atoms with Gasteiger partial charge >= 0.3 is 0 Å². The molecule has 73 heavy (non-hydrogen) atoms. The predicted molar refractivity (Wildman–Crippen MR) is 311 cm³/mol. The standard InChI is InChI=1S/C68H46N2O2Si/c1-73(2)65-34-18-28-54-57-42-61(69(44-21-7-4-8-22-44)45-35-37-52-50-26-12-15-32-62(50)71-64(52)39-45)49-25-10-9-24-48(49)56(57)41-58(67(54)65)53-38-36-46(40-66(53)73)70(59-30-14-11-23-47(59)43-19-5-3-6-20-43)60-31-17-29-55-51-27-13-16-33-63(51)72-68(55)60/h3-42H,1-2H3.